The van der Waals surface area contributed by atoms with Crippen molar-refractivity contribution in [1.82, 2.24) is 0 Å². The summed E-state index contributed by atoms with van der Waals surface area (Å²) in [5.74, 6) is -16.0. The molecule has 6 aromatic rings. The van der Waals surface area contributed by atoms with Crippen LogP contribution in [-0.4, -0.2) is 90.9 Å². The summed E-state index contributed by atoms with van der Waals surface area (Å²) in [6.45, 7) is 0. The quantitative estimate of drug-likeness (QED) is 0.0824. The van der Waals surface area contributed by atoms with E-state index in [1.54, 1.807) is 0 Å². The van der Waals surface area contributed by atoms with Gasteiger partial charge < -0.3 is 85.3 Å². The summed E-state index contributed by atoms with van der Waals surface area (Å²) in [4.78, 5) is 41.1. The van der Waals surface area contributed by atoms with Gasteiger partial charge >= 0.3 is 11.9 Å². The molecule has 0 aromatic heterocycles. The number of phenolic OH excluding ortho intramolecular Hbond substituents is 12. The molecular formula is C43H32O20. The van der Waals surface area contributed by atoms with Crippen molar-refractivity contribution in [3.05, 3.63) is 110 Å². The number of hydrogen-bond donors (Lipinski definition) is 13. The molecule has 63 heavy (non-hydrogen) atoms. The van der Waals surface area contributed by atoms with Gasteiger partial charge in [-0.2, -0.15) is 0 Å². The monoisotopic (exact) mass is 868 g/mol. The van der Waals surface area contributed by atoms with Crippen molar-refractivity contribution in [1.29, 1.82) is 0 Å². The number of carbonyl (C=O) groups excluding carboxylic acids is 2. The first-order chi connectivity index (χ1) is 29.8. The molecule has 6 aromatic carbocycles. The summed E-state index contributed by atoms with van der Waals surface area (Å²) in [5, 5.41) is 135. The van der Waals surface area contributed by atoms with Gasteiger partial charge in [0.2, 0.25) is 5.43 Å². The number of esters is 2. The first kappa shape index (κ1) is 40.9. The van der Waals surface area contributed by atoms with Crippen LogP contribution >= 0.6 is 0 Å². The average molecular weight is 869 g/mol. The predicted octanol–water partition coefficient (Wildman–Crippen LogP) is 4.18. The summed E-state index contributed by atoms with van der Waals surface area (Å²) < 4.78 is 23.3. The Kier molecular flexibility index (Phi) is 9.77. The van der Waals surface area contributed by atoms with E-state index in [9.17, 15) is 80.8 Å². The molecular weight excluding hydrogens is 836 g/mol. The third-order valence-electron chi connectivity index (χ3n) is 10.6. The first-order valence-corrected chi connectivity index (χ1v) is 18.4. The third kappa shape index (κ3) is 7.19. The normalized spacial score (nSPS) is 17.7. The predicted molar refractivity (Wildman–Crippen MR) is 210 cm³/mol. The number of ether oxygens (including phenoxy) is 4. The largest absolute Gasteiger partial charge is 0.508 e. The number of fused-ring (bicyclic) bond motifs is 3. The first-order valence-electron chi connectivity index (χ1n) is 18.4. The summed E-state index contributed by atoms with van der Waals surface area (Å²) in [7, 11) is 0. The molecule has 0 spiro atoms. The zero-order chi connectivity index (χ0) is 45.3. The maximum atomic E-state index is 14.0. The third-order valence-corrected chi connectivity index (χ3v) is 10.6. The molecule has 4 atom stereocenters. The Morgan fingerprint density at radius 1 is 0.476 bits per heavy atom. The highest BCUT2D eigenvalue weighted by Gasteiger charge is 2.41. The minimum absolute atomic E-state index is 0.0192. The summed E-state index contributed by atoms with van der Waals surface area (Å²) >= 11 is 0. The van der Waals surface area contributed by atoms with Crippen LogP contribution in [0.4, 0.5) is 0 Å². The van der Waals surface area contributed by atoms with Crippen LogP contribution in [0.2, 0.25) is 0 Å². The van der Waals surface area contributed by atoms with Crippen molar-refractivity contribution in [2.45, 2.75) is 37.3 Å². The number of carbonyl (C=O) groups is 2. The maximum Gasteiger partial charge on any atom is 0.341 e. The zero-order valence-corrected chi connectivity index (χ0v) is 31.7. The minimum atomic E-state index is -1.82. The summed E-state index contributed by atoms with van der Waals surface area (Å²) in [6, 6.07) is 10.3. The van der Waals surface area contributed by atoms with E-state index in [1.807, 2.05) is 0 Å². The highest BCUT2D eigenvalue weighted by Crippen LogP contribution is 2.49. The summed E-state index contributed by atoms with van der Waals surface area (Å²) in [6.07, 6.45) is -4.29. The van der Waals surface area contributed by atoms with E-state index in [0.717, 1.165) is 60.7 Å². The smallest absolute Gasteiger partial charge is 0.341 e. The highest BCUT2D eigenvalue weighted by molar-refractivity contribution is 5.95. The fourth-order valence-corrected chi connectivity index (χ4v) is 7.59. The van der Waals surface area contributed by atoms with Gasteiger partial charge in [0.05, 0.1) is 28.3 Å². The van der Waals surface area contributed by atoms with Crippen LogP contribution in [0.5, 0.6) is 86.2 Å². The number of benzene rings is 5. The van der Waals surface area contributed by atoms with Gasteiger partial charge in [0.15, 0.2) is 51.7 Å². The lowest BCUT2D eigenvalue weighted by molar-refractivity contribution is -0.0713. The average Bonchev–Trinajstić information content (AvgIpc) is 3.34. The summed E-state index contributed by atoms with van der Waals surface area (Å²) in [5.41, 5.74) is -2.47. The fourth-order valence-electron chi connectivity index (χ4n) is 7.59. The van der Waals surface area contributed by atoms with Crippen LogP contribution in [0.15, 0.2) is 71.5 Å². The molecule has 13 N–H and O–H groups in total. The molecule has 2 heterocycles. The Morgan fingerprint density at radius 3 is 1.38 bits per heavy atom. The van der Waals surface area contributed by atoms with Gasteiger partial charge in [-0.3, -0.25) is 4.79 Å². The Hall–Kier alpha value is -8.81. The fraction of sp³-hybridized carbons (Fsp3) is 0.140. The number of rotatable bonds is 6. The van der Waals surface area contributed by atoms with Gasteiger partial charge in [0.1, 0.15) is 34.5 Å². The van der Waals surface area contributed by atoms with Crippen LogP contribution < -0.4 is 14.9 Å². The van der Waals surface area contributed by atoms with Crippen LogP contribution in [0.1, 0.15) is 54.8 Å². The van der Waals surface area contributed by atoms with Gasteiger partial charge in [-0.1, -0.05) is 0 Å². The van der Waals surface area contributed by atoms with E-state index in [0.29, 0.717) is 0 Å². The Balaban J connectivity index is 1.31. The molecule has 0 bridgehead atoms. The lowest BCUT2D eigenvalue weighted by atomic mass is 9.84. The second kappa shape index (κ2) is 15.0. The van der Waals surface area contributed by atoms with Crippen LogP contribution in [0.25, 0.3) is 10.8 Å². The molecule has 0 amide bonds. The maximum absolute atomic E-state index is 14.0. The molecule has 0 aliphatic carbocycles. The Morgan fingerprint density at radius 2 is 0.905 bits per heavy atom. The topological polar surface area (TPSA) is 351 Å². The lowest BCUT2D eigenvalue weighted by Gasteiger charge is -2.34. The molecule has 0 saturated carbocycles. The van der Waals surface area contributed by atoms with Crippen molar-refractivity contribution < 1.29 is 94.9 Å². The standard InChI is InChI=1S/C43H32O20/c44-17-7-25(46)23-11-19(42(60-33(23)9-17)62-40(58)15-3-27(48)36(54)28(49)4-15)14-1-21-20(13-32(53)39(57)35(21)38(56)31(52)2-14)22-12-24-26(47)8-18(45)10-34(24)61-43(22)63-41(59)16-5-29(50)37(55)30(51)6-16/h1-10,13,19,22,42-51,53-55,57H,11-12H2,(H,52,56)/t19-,22?,42+,43?/m1/s1. The van der Waals surface area contributed by atoms with Gasteiger partial charge in [-0.05, 0) is 71.8 Å². The van der Waals surface area contributed by atoms with E-state index >= 15 is 0 Å². The SMILES string of the molecule is O=C(OC1Oc2cc(O)cc(O)c2CC1c1cc(O)c(O)c2c(=O)c(O)cc([C@H]3Cc4c(O)cc(O)cc4O[C@H]3OC(=O)c3cc(O)c(O)c(O)c3)cc12)c1cc(O)c(O)c(O)c1. The molecule has 0 fully saturated rings. The van der Waals surface area contributed by atoms with Crippen molar-refractivity contribution in [2.75, 3.05) is 0 Å². The van der Waals surface area contributed by atoms with Gasteiger partial charge in [-0.25, -0.2) is 9.59 Å². The van der Waals surface area contributed by atoms with Crippen LogP contribution in [0, 0.1) is 0 Å². The second-order valence-corrected chi connectivity index (χ2v) is 14.6. The molecule has 2 aliphatic rings. The van der Waals surface area contributed by atoms with Gasteiger partial charge in [-0.15, -0.1) is 0 Å². The Bertz CT molecular complexity index is 2950. The van der Waals surface area contributed by atoms with E-state index in [1.165, 1.54) is 6.07 Å². The number of hydrogen-bond acceptors (Lipinski definition) is 20. The molecule has 20 nitrogen and oxygen atoms in total. The van der Waals surface area contributed by atoms with Gasteiger partial charge in [0, 0.05) is 35.4 Å². The number of phenols is 12. The van der Waals surface area contributed by atoms with Crippen molar-refractivity contribution >= 4 is 22.7 Å². The van der Waals surface area contributed by atoms with Crippen molar-refractivity contribution in [3.8, 4) is 86.2 Å². The lowest BCUT2D eigenvalue weighted by Crippen LogP contribution is -2.36. The van der Waals surface area contributed by atoms with Crippen LogP contribution in [-0.2, 0) is 22.3 Å². The van der Waals surface area contributed by atoms with Crippen molar-refractivity contribution in [2.24, 2.45) is 0 Å². The minimum Gasteiger partial charge on any atom is -0.508 e. The molecule has 0 radical (unpaired) electrons. The van der Waals surface area contributed by atoms with Crippen LogP contribution in [0.3, 0.4) is 0 Å². The Labute approximate surface area is 351 Å². The van der Waals surface area contributed by atoms with Crippen molar-refractivity contribution in [3.63, 3.8) is 0 Å². The van der Waals surface area contributed by atoms with E-state index in [-0.39, 0.29) is 52.0 Å². The second-order valence-electron chi connectivity index (χ2n) is 14.6. The van der Waals surface area contributed by atoms with E-state index in [2.05, 4.69) is 0 Å². The molecule has 2 unspecified atom stereocenters. The van der Waals surface area contributed by atoms with E-state index < -0.39 is 133 Å². The highest BCUT2D eigenvalue weighted by atomic mass is 16.7. The zero-order valence-electron chi connectivity index (χ0n) is 31.7. The molecule has 20 heteroatoms. The molecule has 2 aliphatic heterocycles. The molecule has 324 valence electrons. The molecule has 8 rings (SSSR count). The van der Waals surface area contributed by atoms with E-state index in [4.69, 9.17) is 18.9 Å². The molecule has 0 saturated heterocycles. The number of aromatic hydroxyl groups is 13. The van der Waals surface area contributed by atoms with Gasteiger partial charge in [0.25, 0.3) is 12.6 Å².